The maximum atomic E-state index is 10.6. The van der Waals surface area contributed by atoms with Gasteiger partial charge in [0.2, 0.25) is 0 Å². The zero-order chi connectivity index (χ0) is 10.9. The van der Waals surface area contributed by atoms with E-state index in [1.54, 1.807) is 18.3 Å². The molecule has 0 atom stereocenters. The van der Waals surface area contributed by atoms with Crippen molar-refractivity contribution in [2.75, 3.05) is 13.2 Å². The molecular formula is C12H18O2S. The van der Waals surface area contributed by atoms with Crippen molar-refractivity contribution in [2.24, 2.45) is 0 Å². The van der Waals surface area contributed by atoms with E-state index in [1.165, 1.54) is 4.88 Å². The van der Waals surface area contributed by atoms with Crippen LogP contribution < -0.4 is 0 Å². The van der Waals surface area contributed by atoms with E-state index in [0.29, 0.717) is 6.42 Å². The Morgan fingerprint density at radius 1 is 1.40 bits per heavy atom. The number of ketones is 1. The first kappa shape index (κ1) is 12.4. The summed E-state index contributed by atoms with van der Waals surface area (Å²) in [6.45, 7) is 3.21. The molecular weight excluding hydrogens is 208 g/mol. The Hall–Kier alpha value is -0.670. The average Bonchev–Trinajstić information content (AvgIpc) is 2.68. The van der Waals surface area contributed by atoms with Gasteiger partial charge in [-0.2, -0.15) is 0 Å². The van der Waals surface area contributed by atoms with Crippen molar-refractivity contribution in [2.45, 2.75) is 32.6 Å². The second kappa shape index (κ2) is 7.60. The smallest absolute Gasteiger partial charge is 0.129 e. The van der Waals surface area contributed by atoms with Crippen LogP contribution in [0.15, 0.2) is 17.5 Å². The van der Waals surface area contributed by atoms with Gasteiger partial charge in [-0.3, -0.25) is 0 Å². The van der Waals surface area contributed by atoms with E-state index < -0.39 is 0 Å². The second-order valence-corrected chi connectivity index (χ2v) is 4.63. The van der Waals surface area contributed by atoms with Crippen LogP contribution in [-0.2, 0) is 16.0 Å². The molecule has 1 heterocycles. The number of unbranched alkanes of at least 4 members (excludes halogenated alkanes) is 1. The van der Waals surface area contributed by atoms with Gasteiger partial charge in [0.25, 0.3) is 0 Å². The Kier molecular flexibility index (Phi) is 6.28. The van der Waals surface area contributed by atoms with E-state index in [2.05, 4.69) is 17.5 Å². The number of hydrogen-bond donors (Lipinski definition) is 0. The van der Waals surface area contributed by atoms with Crippen LogP contribution in [0.4, 0.5) is 0 Å². The molecule has 1 rings (SSSR count). The molecule has 2 nitrogen and oxygen atoms in total. The fourth-order valence-corrected chi connectivity index (χ4v) is 2.00. The molecule has 0 saturated carbocycles. The quantitative estimate of drug-likeness (QED) is 0.637. The summed E-state index contributed by atoms with van der Waals surface area (Å²) in [5.41, 5.74) is 0. The van der Waals surface area contributed by atoms with E-state index in [4.69, 9.17) is 4.74 Å². The van der Waals surface area contributed by atoms with E-state index in [1.807, 2.05) is 0 Å². The van der Waals surface area contributed by atoms with Gasteiger partial charge in [-0.25, -0.2) is 0 Å². The van der Waals surface area contributed by atoms with Gasteiger partial charge in [0.1, 0.15) is 5.78 Å². The van der Waals surface area contributed by atoms with Gasteiger partial charge in [-0.05, 0) is 31.2 Å². The van der Waals surface area contributed by atoms with Crippen molar-refractivity contribution in [3.8, 4) is 0 Å². The maximum absolute atomic E-state index is 10.6. The number of carbonyl (C=O) groups is 1. The number of Topliss-reactive ketones (excluding diaryl/α,β-unsaturated/α-hetero) is 1. The lowest BCUT2D eigenvalue weighted by Gasteiger charge is -2.02. The fraction of sp³-hybridized carbons (Fsp3) is 0.583. The third-order valence-corrected chi connectivity index (χ3v) is 3.08. The molecule has 1 aromatic heterocycles. The largest absolute Gasteiger partial charge is 0.381 e. The average molecular weight is 226 g/mol. The number of rotatable bonds is 8. The highest BCUT2D eigenvalue weighted by Gasteiger charge is 1.95. The van der Waals surface area contributed by atoms with Crippen molar-refractivity contribution in [1.82, 2.24) is 0 Å². The van der Waals surface area contributed by atoms with Gasteiger partial charge in [0.05, 0.1) is 6.61 Å². The summed E-state index contributed by atoms with van der Waals surface area (Å²) in [5.74, 6) is 0.272. The molecule has 0 aliphatic rings. The van der Waals surface area contributed by atoms with Crippen LogP contribution in [0.1, 0.15) is 31.1 Å². The topological polar surface area (TPSA) is 26.3 Å². The highest BCUT2D eigenvalue weighted by Crippen LogP contribution is 2.09. The van der Waals surface area contributed by atoms with E-state index in [-0.39, 0.29) is 5.78 Å². The summed E-state index contributed by atoms with van der Waals surface area (Å²) in [6, 6.07) is 4.19. The Morgan fingerprint density at radius 2 is 2.27 bits per heavy atom. The molecule has 0 spiro atoms. The molecule has 0 N–H and O–H groups in total. The predicted octanol–water partition coefficient (Wildman–Crippen LogP) is 3.07. The van der Waals surface area contributed by atoms with E-state index in [9.17, 15) is 4.79 Å². The molecule has 0 fully saturated rings. The molecule has 3 heteroatoms. The Bertz CT molecular complexity index is 267. The van der Waals surface area contributed by atoms with E-state index >= 15 is 0 Å². The molecule has 0 aliphatic heterocycles. The maximum Gasteiger partial charge on any atom is 0.129 e. The Labute approximate surface area is 95.3 Å². The monoisotopic (exact) mass is 226 g/mol. The van der Waals surface area contributed by atoms with Crippen molar-refractivity contribution in [3.63, 3.8) is 0 Å². The summed E-state index contributed by atoms with van der Waals surface area (Å²) in [5, 5.41) is 2.09. The normalized spacial score (nSPS) is 10.5. The lowest BCUT2D eigenvalue weighted by molar-refractivity contribution is -0.117. The van der Waals surface area contributed by atoms with Gasteiger partial charge in [-0.15, -0.1) is 11.3 Å². The fourth-order valence-electron chi connectivity index (χ4n) is 1.31. The molecule has 0 aromatic carbocycles. The molecule has 0 radical (unpaired) electrons. The number of ether oxygens (including phenoxy) is 1. The minimum atomic E-state index is 0.272. The first-order valence-electron chi connectivity index (χ1n) is 5.38. The van der Waals surface area contributed by atoms with Crippen molar-refractivity contribution >= 4 is 17.1 Å². The van der Waals surface area contributed by atoms with E-state index in [0.717, 1.165) is 32.5 Å². The lowest BCUT2D eigenvalue weighted by atomic mass is 10.2. The van der Waals surface area contributed by atoms with Crippen LogP contribution in [0.5, 0.6) is 0 Å². The molecule has 0 aliphatic carbocycles. The molecule has 1 aromatic rings. The Balaban J connectivity index is 1.87. The lowest BCUT2D eigenvalue weighted by Crippen LogP contribution is -2.00. The first-order chi connectivity index (χ1) is 7.29. The van der Waals surface area contributed by atoms with Crippen LogP contribution in [0, 0.1) is 0 Å². The molecule has 84 valence electrons. The van der Waals surface area contributed by atoms with Crippen LogP contribution in [0.25, 0.3) is 0 Å². The number of carbonyl (C=O) groups excluding carboxylic acids is 1. The SMILES string of the molecule is CC(=O)CCCCOCCc1cccs1. The van der Waals surface area contributed by atoms with Gasteiger partial charge in [0, 0.05) is 24.3 Å². The van der Waals surface area contributed by atoms with Crippen molar-refractivity contribution in [1.29, 1.82) is 0 Å². The van der Waals surface area contributed by atoms with Gasteiger partial charge >= 0.3 is 0 Å². The summed E-state index contributed by atoms with van der Waals surface area (Å²) in [4.78, 5) is 12.0. The molecule has 0 saturated heterocycles. The Morgan fingerprint density at radius 3 is 2.93 bits per heavy atom. The minimum absolute atomic E-state index is 0.272. The number of thiophene rings is 1. The zero-order valence-corrected chi connectivity index (χ0v) is 10.0. The van der Waals surface area contributed by atoms with Gasteiger partial charge in [-0.1, -0.05) is 6.07 Å². The van der Waals surface area contributed by atoms with Crippen LogP contribution in [0.3, 0.4) is 0 Å². The molecule has 0 unspecified atom stereocenters. The van der Waals surface area contributed by atoms with Gasteiger partial charge in [0.15, 0.2) is 0 Å². The number of hydrogen-bond acceptors (Lipinski definition) is 3. The first-order valence-corrected chi connectivity index (χ1v) is 6.26. The summed E-state index contributed by atoms with van der Waals surface area (Å²) < 4.78 is 5.48. The highest BCUT2D eigenvalue weighted by molar-refractivity contribution is 7.09. The van der Waals surface area contributed by atoms with Crippen LogP contribution in [-0.4, -0.2) is 19.0 Å². The second-order valence-electron chi connectivity index (χ2n) is 3.60. The highest BCUT2D eigenvalue weighted by atomic mass is 32.1. The zero-order valence-electron chi connectivity index (χ0n) is 9.20. The summed E-state index contributed by atoms with van der Waals surface area (Å²) in [7, 11) is 0. The van der Waals surface area contributed by atoms with Crippen molar-refractivity contribution < 1.29 is 9.53 Å². The van der Waals surface area contributed by atoms with Crippen LogP contribution in [0.2, 0.25) is 0 Å². The molecule has 0 amide bonds. The predicted molar refractivity (Wildman–Crippen MR) is 63.4 cm³/mol. The summed E-state index contributed by atoms with van der Waals surface area (Å²) >= 11 is 1.77. The molecule has 0 bridgehead atoms. The third kappa shape index (κ3) is 6.42. The summed E-state index contributed by atoms with van der Waals surface area (Å²) in [6.07, 6.45) is 3.64. The molecule has 15 heavy (non-hydrogen) atoms. The standard InChI is InChI=1S/C12H18O2S/c1-11(13)5-2-3-8-14-9-7-12-6-4-10-15-12/h4,6,10H,2-3,5,7-9H2,1H3. The van der Waals surface area contributed by atoms with Gasteiger partial charge < -0.3 is 9.53 Å². The minimum Gasteiger partial charge on any atom is -0.381 e. The third-order valence-electron chi connectivity index (χ3n) is 2.14. The van der Waals surface area contributed by atoms with Crippen molar-refractivity contribution in [3.05, 3.63) is 22.4 Å². The van der Waals surface area contributed by atoms with Crippen LogP contribution >= 0.6 is 11.3 Å².